The number of nitrogens with zero attached hydrogens (tertiary/aromatic N) is 2. The molecule has 8 heteroatoms. The van der Waals surface area contributed by atoms with Crippen LogP contribution >= 0.6 is 23.1 Å². The minimum absolute atomic E-state index is 0.160. The van der Waals surface area contributed by atoms with Crippen molar-refractivity contribution in [1.82, 2.24) is 15.2 Å². The first-order valence-corrected chi connectivity index (χ1v) is 7.94. The molecule has 6 nitrogen and oxygen atoms in total. The molecule has 2 unspecified atom stereocenters. The van der Waals surface area contributed by atoms with Gasteiger partial charge in [0.15, 0.2) is 0 Å². The van der Waals surface area contributed by atoms with Gasteiger partial charge < -0.3 is 15.3 Å². The summed E-state index contributed by atoms with van der Waals surface area (Å²) >= 11 is 2.93. The number of rotatable bonds is 4. The number of nitrogens with one attached hydrogen (secondary N) is 1. The van der Waals surface area contributed by atoms with Crippen LogP contribution in [-0.2, 0) is 4.79 Å². The zero-order valence-electron chi connectivity index (χ0n) is 10.4. The summed E-state index contributed by atoms with van der Waals surface area (Å²) in [6.07, 6.45) is 2.42. The summed E-state index contributed by atoms with van der Waals surface area (Å²) in [5.41, 5.74) is 0. The number of carboxylic acids is 1. The van der Waals surface area contributed by atoms with E-state index in [1.165, 1.54) is 28.0 Å². The third-order valence-corrected chi connectivity index (χ3v) is 4.79. The van der Waals surface area contributed by atoms with E-state index in [9.17, 15) is 9.59 Å². The van der Waals surface area contributed by atoms with Crippen LogP contribution in [0.3, 0.4) is 0 Å². The van der Waals surface area contributed by atoms with E-state index in [2.05, 4.69) is 10.3 Å². The first-order chi connectivity index (χ1) is 9.13. The maximum atomic E-state index is 12.1. The number of thiazole rings is 1. The molecule has 2 rings (SSSR count). The van der Waals surface area contributed by atoms with Crippen LogP contribution in [0.5, 0.6) is 0 Å². The highest BCUT2D eigenvalue weighted by Crippen LogP contribution is 2.23. The van der Waals surface area contributed by atoms with Gasteiger partial charge in [0, 0.05) is 17.3 Å². The lowest BCUT2D eigenvalue weighted by Crippen LogP contribution is -2.47. The van der Waals surface area contributed by atoms with Crippen molar-refractivity contribution in [1.29, 1.82) is 0 Å². The SMILES string of the molecule is CCC(NC(=O)N1CSCC1C(=O)O)c1nccs1. The lowest BCUT2D eigenvalue weighted by molar-refractivity contribution is -0.140. The number of hydrogen-bond acceptors (Lipinski definition) is 5. The van der Waals surface area contributed by atoms with Crippen LogP contribution in [0, 0.1) is 0 Å². The van der Waals surface area contributed by atoms with Gasteiger partial charge in [-0.15, -0.1) is 23.1 Å². The Bertz CT molecular complexity index is 452. The molecule has 0 radical (unpaired) electrons. The number of hydrogen-bond donors (Lipinski definition) is 2. The highest BCUT2D eigenvalue weighted by Gasteiger charge is 2.35. The van der Waals surface area contributed by atoms with Gasteiger partial charge in [0.25, 0.3) is 0 Å². The van der Waals surface area contributed by atoms with Crippen molar-refractivity contribution < 1.29 is 14.7 Å². The van der Waals surface area contributed by atoms with Crippen LogP contribution in [0.1, 0.15) is 24.4 Å². The summed E-state index contributed by atoms with van der Waals surface area (Å²) in [7, 11) is 0. The molecule has 1 saturated heterocycles. The molecule has 0 saturated carbocycles. The van der Waals surface area contributed by atoms with Gasteiger partial charge in [0.2, 0.25) is 0 Å². The Hall–Kier alpha value is -1.28. The first kappa shape index (κ1) is 14.1. The van der Waals surface area contributed by atoms with E-state index in [-0.39, 0.29) is 12.1 Å². The zero-order chi connectivity index (χ0) is 13.8. The van der Waals surface area contributed by atoms with Crippen LogP contribution in [0.2, 0.25) is 0 Å². The molecule has 1 aliphatic heterocycles. The van der Waals surface area contributed by atoms with Gasteiger partial charge in [-0.05, 0) is 6.42 Å². The van der Waals surface area contributed by atoms with E-state index < -0.39 is 12.0 Å². The third kappa shape index (κ3) is 3.19. The molecular formula is C11H15N3O3S2. The fourth-order valence-electron chi connectivity index (χ4n) is 1.82. The van der Waals surface area contributed by atoms with Crippen molar-refractivity contribution in [2.75, 3.05) is 11.6 Å². The quantitative estimate of drug-likeness (QED) is 0.885. The largest absolute Gasteiger partial charge is 0.480 e. The van der Waals surface area contributed by atoms with Crippen LogP contribution in [0.15, 0.2) is 11.6 Å². The van der Waals surface area contributed by atoms with E-state index in [4.69, 9.17) is 5.11 Å². The number of aromatic nitrogens is 1. The van der Waals surface area contributed by atoms with Crippen molar-refractivity contribution in [2.45, 2.75) is 25.4 Å². The average molecular weight is 301 g/mol. The second-order valence-electron chi connectivity index (χ2n) is 4.10. The minimum Gasteiger partial charge on any atom is -0.480 e. The monoisotopic (exact) mass is 301 g/mol. The van der Waals surface area contributed by atoms with Gasteiger partial charge in [-0.1, -0.05) is 6.92 Å². The minimum atomic E-state index is -0.956. The number of carbonyl (C=O) groups excluding carboxylic acids is 1. The van der Waals surface area contributed by atoms with Gasteiger partial charge in [-0.2, -0.15) is 0 Å². The van der Waals surface area contributed by atoms with Gasteiger partial charge in [-0.3, -0.25) is 0 Å². The highest BCUT2D eigenvalue weighted by atomic mass is 32.2. The Balaban J connectivity index is 2.02. The van der Waals surface area contributed by atoms with Gasteiger partial charge in [-0.25, -0.2) is 14.6 Å². The predicted molar refractivity (Wildman–Crippen MR) is 74.3 cm³/mol. The topological polar surface area (TPSA) is 82.5 Å². The van der Waals surface area contributed by atoms with Gasteiger partial charge in [0.1, 0.15) is 11.0 Å². The molecule has 0 aromatic carbocycles. The molecule has 19 heavy (non-hydrogen) atoms. The Kier molecular flexibility index (Phi) is 4.65. The molecule has 0 aliphatic carbocycles. The van der Waals surface area contributed by atoms with Crippen molar-refractivity contribution in [3.05, 3.63) is 16.6 Å². The number of thioether (sulfide) groups is 1. The van der Waals surface area contributed by atoms with E-state index in [0.717, 1.165) is 11.4 Å². The second-order valence-corrected chi connectivity index (χ2v) is 6.03. The Morgan fingerprint density at radius 1 is 1.68 bits per heavy atom. The summed E-state index contributed by atoms with van der Waals surface area (Å²) in [5.74, 6) is -0.101. The summed E-state index contributed by atoms with van der Waals surface area (Å²) in [5, 5.41) is 14.6. The molecular weight excluding hydrogens is 286 g/mol. The number of aliphatic carboxylic acids is 1. The number of carboxylic acid groups (broad SMARTS) is 1. The van der Waals surface area contributed by atoms with E-state index in [1.54, 1.807) is 6.20 Å². The molecule has 1 aliphatic rings. The number of amides is 2. The molecule has 2 amide bonds. The molecule has 0 spiro atoms. The van der Waals surface area contributed by atoms with Crippen molar-refractivity contribution in [3.8, 4) is 0 Å². The number of carbonyl (C=O) groups is 2. The molecule has 2 N–H and O–H groups in total. The van der Waals surface area contributed by atoms with Crippen molar-refractivity contribution in [3.63, 3.8) is 0 Å². The Labute approximate surface area is 119 Å². The molecule has 2 heterocycles. The molecule has 104 valence electrons. The second kappa shape index (κ2) is 6.25. The lowest BCUT2D eigenvalue weighted by Gasteiger charge is -2.23. The Morgan fingerprint density at radius 3 is 3.05 bits per heavy atom. The maximum absolute atomic E-state index is 12.1. The average Bonchev–Trinajstić information content (AvgIpc) is 3.05. The third-order valence-electron chi connectivity index (χ3n) is 2.88. The van der Waals surface area contributed by atoms with E-state index >= 15 is 0 Å². The van der Waals surface area contributed by atoms with Crippen LogP contribution in [0.4, 0.5) is 4.79 Å². The normalized spacial score (nSPS) is 20.3. The fourth-order valence-corrected chi connectivity index (χ4v) is 3.74. The highest BCUT2D eigenvalue weighted by molar-refractivity contribution is 7.99. The summed E-state index contributed by atoms with van der Waals surface area (Å²) in [6.45, 7) is 1.96. The number of urea groups is 1. The maximum Gasteiger partial charge on any atom is 0.327 e. The van der Waals surface area contributed by atoms with Gasteiger partial charge in [0.05, 0.1) is 11.9 Å². The summed E-state index contributed by atoms with van der Waals surface area (Å²) < 4.78 is 0. The van der Waals surface area contributed by atoms with E-state index in [0.29, 0.717) is 11.6 Å². The fraction of sp³-hybridized carbons (Fsp3) is 0.545. The first-order valence-electron chi connectivity index (χ1n) is 5.90. The summed E-state index contributed by atoms with van der Waals surface area (Å²) in [4.78, 5) is 28.7. The smallest absolute Gasteiger partial charge is 0.327 e. The molecule has 1 aromatic rings. The zero-order valence-corrected chi connectivity index (χ0v) is 12.0. The predicted octanol–water partition coefficient (Wildman–Crippen LogP) is 1.76. The van der Waals surface area contributed by atoms with E-state index in [1.807, 2.05) is 12.3 Å². The molecule has 1 fully saturated rings. The molecule has 2 atom stereocenters. The van der Waals surface area contributed by atoms with Crippen LogP contribution in [0.25, 0.3) is 0 Å². The molecule has 1 aromatic heterocycles. The standard InChI is InChI=1S/C11H15N3O3S2/c1-2-7(9-12-3-4-19-9)13-11(17)14-6-18-5-8(14)10(15)16/h3-4,7-8H,2,5-6H2,1H3,(H,13,17)(H,15,16). The van der Waals surface area contributed by atoms with Crippen LogP contribution < -0.4 is 5.32 Å². The Morgan fingerprint density at radius 2 is 2.47 bits per heavy atom. The van der Waals surface area contributed by atoms with Crippen molar-refractivity contribution >= 4 is 35.1 Å². The lowest BCUT2D eigenvalue weighted by atomic mass is 10.2. The molecule has 0 bridgehead atoms. The van der Waals surface area contributed by atoms with Gasteiger partial charge >= 0.3 is 12.0 Å². The summed E-state index contributed by atoms with van der Waals surface area (Å²) in [6, 6.07) is -1.23. The van der Waals surface area contributed by atoms with Crippen LogP contribution in [-0.4, -0.2) is 44.7 Å². The van der Waals surface area contributed by atoms with Crippen molar-refractivity contribution in [2.24, 2.45) is 0 Å².